The minimum Gasteiger partial charge on any atom is -0.482 e. The number of thioether (sulfide) groups is 1. The van der Waals surface area contributed by atoms with E-state index in [9.17, 15) is 4.79 Å². The summed E-state index contributed by atoms with van der Waals surface area (Å²) in [6.45, 7) is 6.21. The van der Waals surface area contributed by atoms with Gasteiger partial charge in [0.15, 0.2) is 11.8 Å². The summed E-state index contributed by atoms with van der Waals surface area (Å²) in [5, 5.41) is 8.03. The molecule has 0 fully saturated rings. The monoisotopic (exact) mass is 354 g/mol. The van der Waals surface area contributed by atoms with Crippen molar-refractivity contribution < 1.29 is 9.53 Å². The summed E-state index contributed by atoms with van der Waals surface area (Å²) >= 11 is 1.62. The van der Waals surface area contributed by atoms with Gasteiger partial charge >= 0.3 is 0 Å². The Hall–Kier alpha value is -1.73. The minimum atomic E-state index is -0.137. The van der Waals surface area contributed by atoms with Gasteiger partial charge < -0.3 is 10.1 Å². The number of ether oxygens (including phenoxy) is 1. The fourth-order valence-electron chi connectivity index (χ4n) is 2.09. The number of carbonyl (C=O) groups is 1. The van der Waals surface area contributed by atoms with Crippen LogP contribution in [-0.4, -0.2) is 34.7 Å². The van der Waals surface area contributed by atoms with Crippen molar-refractivity contribution in [3.05, 3.63) is 23.8 Å². The Morgan fingerprint density at radius 3 is 2.78 bits per heavy atom. The van der Waals surface area contributed by atoms with Crippen LogP contribution in [0.5, 0.6) is 5.75 Å². The summed E-state index contributed by atoms with van der Waals surface area (Å²) in [6.07, 6.45) is 0. The fourth-order valence-corrected chi connectivity index (χ4v) is 3.04. The van der Waals surface area contributed by atoms with Gasteiger partial charge in [0.2, 0.25) is 0 Å². The molecule has 0 bridgehead atoms. The summed E-state index contributed by atoms with van der Waals surface area (Å²) in [6, 6.07) is 5.69. The van der Waals surface area contributed by atoms with E-state index < -0.39 is 0 Å². The highest BCUT2D eigenvalue weighted by Crippen LogP contribution is 2.29. The normalized spacial score (nSPS) is 18.8. The molecule has 0 saturated carbocycles. The van der Waals surface area contributed by atoms with Gasteiger partial charge in [-0.3, -0.25) is 15.2 Å². The third-order valence-electron chi connectivity index (χ3n) is 3.01. The molecule has 0 aliphatic carbocycles. The van der Waals surface area contributed by atoms with Gasteiger partial charge in [-0.25, -0.2) is 0 Å². The number of rotatable bonds is 1. The smallest absolute Gasteiger partial charge is 0.262 e. The van der Waals surface area contributed by atoms with Crippen LogP contribution in [0, 0.1) is 0 Å². The molecule has 2 heterocycles. The lowest BCUT2D eigenvalue weighted by Gasteiger charge is -2.21. The molecule has 2 aliphatic heterocycles. The van der Waals surface area contributed by atoms with Crippen molar-refractivity contribution >= 4 is 46.6 Å². The number of benzene rings is 1. The van der Waals surface area contributed by atoms with E-state index in [1.54, 1.807) is 11.8 Å². The molecule has 6 nitrogen and oxygen atoms in total. The number of hydrazone groups is 1. The Morgan fingerprint density at radius 1 is 1.35 bits per heavy atom. The van der Waals surface area contributed by atoms with E-state index in [2.05, 4.69) is 20.8 Å². The SMILES string of the molecule is CC(C)(C)N=C1NN=C(c2ccc3c(c2)NC(=O)CO3)CS1.Cl. The average Bonchev–Trinajstić information content (AvgIpc) is 2.45. The van der Waals surface area contributed by atoms with E-state index in [0.29, 0.717) is 11.4 Å². The summed E-state index contributed by atoms with van der Waals surface area (Å²) in [5.41, 5.74) is 5.43. The Balaban J connectivity index is 0.00000192. The number of amidine groups is 1. The van der Waals surface area contributed by atoms with Gasteiger partial charge in [-0.2, -0.15) is 5.10 Å². The molecule has 0 aromatic heterocycles. The molecule has 23 heavy (non-hydrogen) atoms. The Labute approximate surface area is 145 Å². The molecule has 0 spiro atoms. The molecule has 3 rings (SSSR count). The second-order valence-electron chi connectivity index (χ2n) is 6.09. The highest BCUT2D eigenvalue weighted by molar-refractivity contribution is 8.14. The largest absolute Gasteiger partial charge is 0.482 e. The predicted molar refractivity (Wildman–Crippen MR) is 97.1 cm³/mol. The first-order chi connectivity index (χ1) is 10.4. The van der Waals surface area contributed by atoms with E-state index in [1.165, 1.54) is 0 Å². The van der Waals surface area contributed by atoms with Gasteiger partial charge in [0.25, 0.3) is 5.91 Å². The molecule has 1 aromatic rings. The van der Waals surface area contributed by atoms with Gasteiger partial charge in [0.05, 0.1) is 16.9 Å². The lowest BCUT2D eigenvalue weighted by molar-refractivity contribution is -0.118. The van der Waals surface area contributed by atoms with Crippen molar-refractivity contribution in [3.63, 3.8) is 0 Å². The number of nitrogens with one attached hydrogen (secondary N) is 2. The average molecular weight is 355 g/mol. The molecule has 2 N–H and O–H groups in total. The summed E-state index contributed by atoms with van der Waals surface area (Å²) in [7, 11) is 0. The van der Waals surface area contributed by atoms with Crippen molar-refractivity contribution in [3.8, 4) is 5.75 Å². The van der Waals surface area contributed by atoms with E-state index in [4.69, 9.17) is 4.74 Å². The van der Waals surface area contributed by atoms with Crippen LogP contribution >= 0.6 is 24.2 Å². The number of aliphatic imine (C=N–C) groups is 1. The van der Waals surface area contributed by atoms with Gasteiger partial charge in [0.1, 0.15) is 5.75 Å². The number of anilines is 1. The molecule has 1 aromatic carbocycles. The van der Waals surface area contributed by atoms with Gasteiger partial charge in [-0.15, -0.1) is 12.4 Å². The van der Waals surface area contributed by atoms with Crippen molar-refractivity contribution in [2.45, 2.75) is 26.3 Å². The molecule has 0 radical (unpaired) electrons. The summed E-state index contributed by atoms with van der Waals surface area (Å²) in [4.78, 5) is 16.0. The molecule has 0 saturated heterocycles. The van der Waals surface area contributed by atoms with Crippen molar-refractivity contribution in [1.82, 2.24) is 5.43 Å². The number of nitrogens with zero attached hydrogens (tertiary/aromatic N) is 2. The number of fused-ring (bicyclic) bond motifs is 1. The standard InChI is InChI=1S/C15H18N4O2S.ClH/c1-15(2,3)17-14-19-18-11(8-22-14)9-4-5-12-10(6-9)16-13(20)7-21-12;/h4-6H,7-8H2,1-3H3,(H,16,20)(H,17,19);1H. The maximum Gasteiger partial charge on any atom is 0.262 e. The number of amides is 1. The van der Waals surface area contributed by atoms with Crippen LogP contribution in [0.3, 0.4) is 0 Å². The second-order valence-corrected chi connectivity index (χ2v) is 7.06. The van der Waals surface area contributed by atoms with Gasteiger partial charge in [-0.1, -0.05) is 11.8 Å². The summed E-state index contributed by atoms with van der Waals surface area (Å²) in [5.74, 6) is 1.29. The topological polar surface area (TPSA) is 75.1 Å². The number of carbonyl (C=O) groups excluding carboxylic acids is 1. The molecular formula is C15H19ClN4O2S. The Bertz CT molecular complexity index is 683. The zero-order chi connectivity index (χ0) is 15.7. The quantitative estimate of drug-likeness (QED) is 0.813. The van der Waals surface area contributed by atoms with Crippen LogP contribution in [0.25, 0.3) is 0 Å². The maximum absolute atomic E-state index is 11.4. The first kappa shape index (κ1) is 17.6. The van der Waals surface area contributed by atoms with E-state index in [-0.39, 0.29) is 30.5 Å². The summed E-state index contributed by atoms with van der Waals surface area (Å²) < 4.78 is 5.36. The number of hydrogen-bond acceptors (Lipinski definition) is 5. The molecule has 124 valence electrons. The Morgan fingerprint density at radius 2 is 2.13 bits per heavy atom. The molecule has 2 aliphatic rings. The molecular weight excluding hydrogens is 336 g/mol. The lowest BCUT2D eigenvalue weighted by Crippen LogP contribution is -2.29. The van der Waals surface area contributed by atoms with Crippen molar-refractivity contribution in [2.24, 2.45) is 10.1 Å². The van der Waals surface area contributed by atoms with Gasteiger partial charge in [-0.05, 0) is 39.0 Å². The highest BCUT2D eigenvalue weighted by atomic mass is 35.5. The van der Waals surface area contributed by atoms with Crippen LogP contribution < -0.4 is 15.5 Å². The fraction of sp³-hybridized carbons (Fsp3) is 0.400. The third kappa shape index (κ3) is 4.39. The van der Waals surface area contributed by atoms with Crippen LogP contribution in [-0.2, 0) is 4.79 Å². The van der Waals surface area contributed by atoms with Crippen molar-refractivity contribution in [1.29, 1.82) is 0 Å². The lowest BCUT2D eigenvalue weighted by atomic mass is 10.1. The van der Waals surface area contributed by atoms with Crippen LogP contribution in [0.4, 0.5) is 5.69 Å². The highest BCUT2D eigenvalue weighted by Gasteiger charge is 2.20. The minimum absolute atomic E-state index is 0. The second kappa shape index (κ2) is 6.80. The molecule has 8 heteroatoms. The first-order valence-corrected chi connectivity index (χ1v) is 8.01. The third-order valence-corrected chi connectivity index (χ3v) is 3.89. The zero-order valence-electron chi connectivity index (χ0n) is 13.2. The van der Waals surface area contributed by atoms with Crippen LogP contribution in [0.15, 0.2) is 28.3 Å². The first-order valence-electron chi connectivity index (χ1n) is 7.03. The zero-order valence-corrected chi connectivity index (χ0v) is 14.8. The van der Waals surface area contributed by atoms with Crippen LogP contribution in [0.2, 0.25) is 0 Å². The molecule has 0 atom stereocenters. The van der Waals surface area contributed by atoms with E-state index in [0.717, 1.165) is 22.2 Å². The Kier molecular flexibility index (Phi) is 5.21. The number of hydrogen-bond donors (Lipinski definition) is 2. The molecule has 0 unspecified atom stereocenters. The predicted octanol–water partition coefficient (Wildman–Crippen LogP) is 2.63. The van der Waals surface area contributed by atoms with E-state index in [1.807, 2.05) is 39.0 Å². The van der Waals surface area contributed by atoms with Gasteiger partial charge in [0, 0.05) is 11.3 Å². The van der Waals surface area contributed by atoms with Crippen molar-refractivity contribution in [2.75, 3.05) is 17.7 Å². The maximum atomic E-state index is 11.4. The molecule has 1 amide bonds. The van der Waals surface area contributed by atoms with Crippen LogP contribution in [0.1, 0.15) is 26.3 Å². The van der Waals surface area contributed by atoms with E-state index >= 15 is 0 Å². The number of halogens is 1.